The fourth-order valence-electron chi connectivity index (χ4n) is 2.15. The van der Waals surface area contributed by atoms with Crippen LogP contribution in [-0.2, 0) is 13.1 Å². The third kappa shape index (κ3) is 5.15. The molecule has 2 rings (SSSR count). The molecule has 0 saturated carbocycles. The summed E-state index contributed by atoms with van der Waals surface area (Å²) in [7, 11) is 1.96. The van der Waals surface area contributed by atoms with Crippen molar-refractivity contribution in [1.82, 2.24) is 14.7 Å². The zero-order chi connectivity index (χ0) is 15.1. The minimum Gasteiger partial charge on any atom is -0.434 e. The highest BCUT2D eigenvalue weighted by atomic mass is 19.3. The normalized spacial score (nSPS) is 11.3. The van der Waals surface area contributed by atoms with E-state index in [1.54, 1.807) is 18.3 Å². The first-order valence-electron chi connectivity index (χ1n) is 6.84. The first-order valence-corrected chi connectivity index (χ1v) is 6.84. The van der Waals surface area contributed by atoms with Crippen LogP contribution < -0.4 is 4.74 Å². The molecule has 0 aliphatic rings. The summed E-state index contributed by atoms with van der Waals surface area (Å²) < 4.78 is 31.1. The summed E-state index contributed by atoms with van der Waals surface area (Å²) in [6.45, 7) is -0.534. The molecule has 0 aliphatic carbocycles. The summed E-state index contributed by atoms with van der Waals surface area (Å²) in [5.74, 6) is 0.242. The second-order valence-electron chi connectivity index (χ2n) is 4.85. The van der Waals surface area contributed by atoms with E-state index < -0.39 is 6.61 Å². The molecule has 0 unspecified atom stereocenters. The van der Waals surface area contributed by atoms with E-state index in [1.807, 2.05) is 36.1 Å². The molecule has 0 N–H and O–H groups in total. The molecule has 2 aromatic rings. The molecule has 6 heteroatoms. The number of halogens is 2. The quantitative estimate of drug-likeness (QED) is 0.750. The number of aromatic nitrogens is 2. The Hall–Kier alpha value is -1.95. The number of nitrogens with zero attached hydrogens (tertiary/aromatic N) is 3. The van der Waals surface area contributed by atoms with Crippen LogP contribution in [0.3, 0.4) is 0 Å². The number of alkyl halides is 2. The molecule has 0 amide bonds. The zero-order valence-electron chi connectivity index (χ0n) is 12.0. The van der Waals surface area contributed by atoms with Crippen molar-refractivity contribution in [2.45, 2.75) is 26.1 Å². The van der Waals surface area contributed by atoms with Gasteiger partial charge in [0.25, 0.3) is 0 Å². The summed E-state index contributed by atoms with van der Waals surface area (Å²) in [5, 5.41) is 4.14. The molecule has 1 aromatic carbocycles. The van der Waals surface area contributed by atoms with Gasteiger partial charge in [-0.25, -0.2) is 0 Å². The number of ether oxygens (including phenoxy) is 1. The lowest BCUT2D eigenvalue weighted by Crippen LogP contribution is -2.21. The molecule has 0 spiro atoms. The first kappa shape index (κ1) is 15.4. The molecule has 114 valence electrons. The second kappa shape index (κ2) is 7.73. The average molecular weight is 295 g/mol. The van der Waals surface area contributed by atoms with Crippen molar-refractivity contribution in [2.75, 3.05) is 13.6 Å². The summed E-state index contributed by atoms with van der Waals surface area (Å²) in [6, 6.07) is 8.78. The zero-order valence-corrected chi connectivity index (χ0v) is 12.0. The minimum absolute atomic E-state index is 0.242. The number of rotatable bonds is 8. The predicted octanol–water partition coefficient (Wildman–Crippen LogP) is 3.01. The van der Waals surface area contributed by atoms with E-state index in [9.17, 15) is 8.78 Å². The molecule has 0 radical (unpaired) electrons. The lowest BCUT2D eigenvalue weighted by molar-refractivity contribution is -0.0507. The van der Waals surface area contributed by atoms with Gasteiger partial charge >= 0.3 is 6.61 Å². The molecular weight excluding hydrogens is 276 g/mol. The number of hydrogen-bond donors (Lipinski definition) is 0. The van der Waals surface area contributed by atoms with Gasteiger partial charge in [0, 0.05) is 31.0 Å². The highest BCUT2D eigenvalue weighted by molar-refractivity contribution is 5.33. The van der Waals surface area contributed by atoms with Crippen LogP contribution in [0, 0.1) is 0 Å². The van der Waals surface area contributed by atoms with Gasteiger partial charge in [0.15, 0.2) is 0 Å². The summed E-state index contributed by atoms with van der Waals surface area (Å²) >= 11 is 0. The molecule has 0 bridgehead atoms. The minimum atomic E-state index is -2.80. The highest BCUT2D eigenvalue weighted by Crippen LogP contribution is 2.21. The van der Waals surface area contributed by atoms with Crippen molar-refractivity contribution in [3.63, 3.8) is 0 Å². The van der Waals surface area contributed by atoms with E-state index in [0.717, 1.165) is 25.1 Å². The van der Waals surface area contributed by atoms with Crippen molar-refractivity contribution >= 4 is 0 Å². The van der Waals surface area contributed by atoms with Gasteiger partial charge in [-0.1, -0.05) is 18.2 Å². The molecule has 1 aromatic heterocycles. The third-order valence-electron chi connectivity index (χ3n) is 3.12. The van der Waals surface area contributed by atoms with E-state index in [2.05, 4.69) is 14.7 Å². The maximum atomic E-state index is 12.4. The Morgan fingerprint density at radius 1 is 1.29 bits per heavy atom. The predicted molar refractivity (Wildman–Crippen MR) is 76.3 cm³/mol. The average Bonchev–Trinajstić information content (AvgIpc) is 2.93. The van der Waals surface area contributed by atoms with Crippen LogP contribution in [-0.4, -0.2) is 34.9 Å². The van der Waals surface area contributed by atoms with Crippen LogP contribution in [0.4, 0.5) is 8.78 Å². The molecule has 0 fully saturated rings. The van der Waals surface area contributed by atoms with Gasteiger partial charge in [-0.2, -0.15) is 13.9 Å². The van der Waals surface area contributed by atoms with Gasteiger partial charge in [-0.3, -0.25) is 4.68 Å². The van der Waals surface area contributed by atoms with E-state index in [-0.39, 0.29) is 5.75 Å². The molecule has 0 atom stereocenters. The van der Waals surface area contributed by atoms with Crippen molar-refractivity contribution < 1.29 is 13.5 Å². The van der Waals surface area contributed by atoms with Crippen LogP contribution in [0.25, 0.3) is 0 Å². The maximum absolute atomic E-state index is 12.4. The highest BCUT2D eigenvalue weighted by Gasteiger charge is 2.10. The molecule has 1 heterocycles. The fraction of sp³-hybridized carbons (Fsp3) is 0.400. The summed E-state index contributed by atoms with van der Waals surface area (Å²) in [6.07, 6.45) is 4.61. The standard InChI is InChI=1S/C15H19F2N3O/c1-19(9-5-11-20-10-4-8-18-20)12-13-6-2-3-7-14(13)21-15(16)17/h2-4,6-8,10,15H,5,9,11-12H2,1H3. The largest absolute Gasteiger partial charge is 0.434 e. The SMILES string of the molecule is CN(CCCn1cccn1)Cc1ccccc1OC(F)F. The topological polar surface area (TPSA) is 30.3 Å². The Balaban J connectivity index is 1.83. The molecule has 0 saturated heterocycles. The Morgan fingerprint density at radius 3 is 2.81 bits per heavy atom. The first-order chi connectivity index (χ1) is 10.1. The van der Waals surface area contributed by atoms with Crippen LogP contribution in [0.2, 0.25) is 0 Å². The smallest absolute Gasteiger partial charge is 0.387 e. The van der Waals surface area contributed by atoms with Crippen molar-refractivity contribution in [2.24, 2.45) is 0 Å². The number of benzene rings is 1. The van der Waals surface area contributed by atoms with Gasteiger partial charge in [-0.05, 0) is 32.1 Å². The van der Waals surface area contributed by atoms with E-state index in [1.165, 1.54) is 0 Å². The molecule has 4 nitrogen and oxygen atoms in total. The maximum Gasteiger partial charge on any atom is 0.387 e. The Labute approximate surface area is 122 Å². The van der Waals surface area contributed by atoms with Gasteiger partial charge < -0.3 is 9.64 Å². The number of para-hydroxylation sites is 1. The molecule has 0 aliphatic heterocycles. The van der Waals surface area contributed by atoms with Crippen LogP contribution >= 0.6 is 0 Å². The number of hydrogen-bond acceptors (Lipinski definition) is 3. The monoisotopic (exact) mass is 295 g/mol. The van der Waals surface area contributed by atoms with Crippen LogP contribution in [0.1, 0.15) is 12.0 Å². The Bertz CT molecular complexity index is 531. The Morgan fingerprint density at radius 2 is 2.10 bits per heavy atom. The van der Waals surface area contributed by atoms with Gasteiger partial charge in [0.2, 0.25) is 0 Å². The van der Waals surface area contributed by atoms with Crippen molar-refractivity contribution in [1.29, 1.82) is 0 Å². The molecular formula is C15H19F2N3O. The third-order valence-corrected chi connectivity index (χ3v) is 3.12. The summed E-state index contributed by atoms with van der Waals surface area (Å²) in [4.78, 5) is 2.08. The lowest BCUT2D eigenvalue weighted by atomic mass is 10.2. The van der Waals surface area contributed by atoms with Crippen LogP contribution in [0.5, 0.6) is 5.75 Å². The number of aryl methyl sites for hydroxylation is 1. The summed E-state index contributed by atoms with van der Waals surface area (Å²) in [5.41, 5.74) is 0.763. The van der Waals surface area contributed by atoms with E-state index in [4.69, 9.17) is 0 Å². The molecule has 21 heavy (non-hydrogen) atoms. The second-order valence-corrected chi connectivity index (χ2v) is 4.85. The van der Waals surface area contributed by atoms with Gasteiger partial charge in [0.1, 0.15) is 5.75 Å². The van der Waals surface area contributed by atoms with Crippen LogP contribution in [0.15, 0.2) is 42.7 Å². The van der Waals surface area contributed by atoms with Crippen molar-refractivity contribution in [3.8, 4) is 5.75 Å². The van der Waals surface area contributed by atoms with Crippen molar-refractivity contribution in [3.05, 3.63) is 48.3 Å². The lowest BCUT2D eigenvalue weighted by Gasteiger charge is -2.18. The Kier molecular flexibility index (Phi) is 5.68. The van der Waals surface area contributed by atoms with E-state index >= 15 is 0 Å². The van der Waals surface area contributed by atoms with E-state index in [0.29, 0.717) is 6.54 Å². The fourth-order valence-corrected chi connectivity index (χ4v) is 2.15. The van der Waals surface area contributed by atoms with Gasteiger partial charge in [-0.15, -0.1) is 0 Å². The van der Waals surface area contributed by atoms with Gasteiger partial charge in [0.05, 0.1) is 0 Å².